The first kappa shape index (κ1) is 23.6. The van der Waals surface area contributed by atoms with Gasteiger partial charge in [-0.1, -0.05) is 0 Å². The summed E-state index contributed by atoms with van der Waals surface area (Å²) in [5.41, 5.74) is 0. The third-order valence-corrected chi connectivity index (χ3v) is 0. The fourth-order valence-electron chi connectivity index (χ4n) is 0. The zero-order valence-electron chi connectivity index (χ0n) is 5.44. The Labute approximate surface area is 122 Å². The molecule has 0 fully saturated rings. The molecular weight excluding hydrogens is 287 g/mol. The first-order chi connectivity index (χ1) is 4.00. The second-order valence-corrected chi connectivity index (χ2v) is 2.45. The van der Waals surface area contributed by atoms with Crippen LogP contribution in [0.15, 0.2) is 0 Å². The fourth-order valence-corrected chi connectivity index (χ4v) is 0. The summed E-state index contributed by atoms with van der Waals surface area (Å²) in [5.74, 6) is 0. The minimum Gasteiger partial charge on any atom is -0.759 e. The molecule has 1 radical (unpaired) electrons. The van der Waals surface area contributed by atoms with Crippen LogP contribution in [0, 0.1) is 0 Å². The van der Waals surface area contributed by atoms with E-state index in [9.17, 15) is 0 Å². The molecule has 0 saturated heterocycles. The average molecular weight is 287 g/mol. The zero-order valence-corrected chi connectivity index (χ0v) is 11.3. The predicted octanol–water partition coefficient (Wildman–Crippen LogP) is -5.67. The van der Waals surface area contributed by atoms with E-state index in [-0.39, 0.29) is 68.5 Å². The minimum absolute atomic E-state index is 0. The Hall–Kier alpha value is 1.90. The van der Waals surface area contributed by atoms with E-state index in [1.54, 1.807) is 0 Å². The van der Waals surface area contributed by atoms with Crippen LogP contribution in [0.25, 0.3) is 0 Å². The molecule has 0 aromatic carbocycles. The van der Waals surface area contributed by atoms with Gasteiger partial charge in [0.25, 0.3) is 0 Å². The van der Waals surface area contributed by atoms with Gasteiger partial charge in [0.1, 0.15) is 0 Å². The Balaban J connectivity index is -0.0000000457. The molecule has 0 unspecified atom stereocenters. The van der Waals surface area contributed by atoms with Crippen LogP contribution in [0.5, 0.6) is 0 Å². The van der Waals surface area contributed by atoms with Crippen molar-refractivity contribution in [3.63, 3.8) is 0 Å². The summed E-state index contributed by atoms with van der Waals surface area (Å²) < 4.78 is 68.2. The van der Waals surface area contributed by atoms with Crippen molar-refractivity contribution >= 4 is 20.8 Å². The largest absolute Gasteiger partial charge is 3.00 e. The molecule has 0 aliphatic carbocycles. The van der Waals surface area contributed by atoms with Crippen molar-refractivity contribution in [1.82, 2.24) is 0 Å². The van der Waals surface area contributed by atoms with Gasteiger partial charge in [-0.15, -0.1) is 0 Å². The van der Waals surface area contributed by atoms with Gasteiger partial charge in [0.05, 0.1) is 0 Å². The van der Waals surface area contributed by atoms with Crippen molar-refractivity contribution in [2.45, 2.75) is 0 Å². The van der Waals surface area contributed by atoms with Crippen molar-refractivity contribution < 1.29 is 103 Å². The molecule has 69 valence electrons. The topological polar surface area (TPSA) is 161 Å². The quantitative estimate of drug-likeness (QED) is 0.242. The molecule has 12 heavy (non-hydrogen) atoms. The number of rotatable bonds is 0. The van der Waals surface area contributed by atoms with Crippen LogP contribution in [0.1, 0.15) is 0 Å². The Morgan fingerprint density at radius 1 is 0.667 bits per heavy atom. The monoisotopic (exact) mass is 287 g/mol. The van der Waals surface area contributed by atoms with E-state index in [2.05, 4.69) is 0 Å². The second kappa shape index (κ2) is 9.45. The number of hydrogen-bond acceptors (Lipinski definition) is 8. The molecule has 0 aromatic rings. The van der Waals surface area contributed by atoms with Crippen molar-refractivity contribution in [3.05, 3.63) is 0 Å². The summed E-state index contributed by atoms with van der Waals surface area (Å²) in [7, 11) is -10.3. The maximum Gasteiger partial charge on any atom is 3.00 e. The van der Waals surface area contributed by atoms with Gasteiger partial charge in [-0.05, 0) is 0 Å². The van der Waals surface area contributed by atoms with E-state index in [0.29, 0.717) is 0 Å². The van der Waals surface area contributed by atoms with Crippen molar-refractivity contribution in [3.8, 4) is 0 Å². The van der Waals surface area contributed by atoms with Crippen LogP contribution in [-0.4, -0.2) is 35.0 Å². The van der Waals surface area contributed by atoms with Gasteiger partial charge in [0.15, 0.2) is 0 Å². The summed E-state index contributed by atoms with van der Waals surface area (Å²) in [6, 6.07) is 0. The molecule has 0 aliphatic rings. The summed E-state index contributed by atoms with van der Waals surface area (Å²) >= 11 is 0. The van der Waals surface area contributed by atoms with E-state index in [1.807, 2.05) is 0 Å². The van der Waals surface area contributed by atoms with Crippen LogP contribution in [0.2, 0.25) is 0 Å². The molecule has 12 heteroatoms. The smallest absolute Gasteiger partial charge is 0.759 e. The van der Waals surface area contributed by atoms with Crippen molar-refractivity contribution in [2.24, 2.45) is 0 Å². The molecule has 0 atom stereocenters. The zero-order chi connectivity index (χ0) is 9.00. The Morgan fingerprint density at radius 3 is 0.667 bits per heavy atom. The summed E-state index contributed by atoms with van der Waals surface area (Å²) in [6.45, 7) is 0. The van der Waals surface area contributed by atoms with Gasteiger partial charge in [-0.2, -0.15) is 0 Å². The maximum absolute atomic E-state index is 8.52. The van der Waals surface area contributed by atoms with Gasteiger partial charge in [0.2, 0.25) is 0 Å². The second-order valence-electron chi connectivity index (χ2n) is 0.816. The van der Waals surface area contributed by atoms with Crippen LogP contribution >= 0.6 is 0 Å². The molecule has 0 spiro atoms. The average Bonchev–Trinajstić information content (AvgIpc) is 1.12. The molecule has 8 nitrogen and oxygen atoms in total. The van der Waals surface area contributed by atoms with Crippen LogP contribution < -0.4 is 51.4 Å². The third-order valence-electron chi connectivity index (χ3n) is 0. The summed E-state index contributed by atoms with van der Waals surface area (Å²) in [4.78, 5) is 0. The molecular formula is FeKO8S2. The molecule has 0 saturated carbocycles. The molecule has 0 bridgehead atoms. The van der Waals surface area contributed by atoms with Gasteiger partial charge in [-0.25, -0.2) is 0 Å². The predicted molar refractivity (Wildman–Crippen MR) is 20.9 cm³/mol. The minimum atomic E-state index is -5.17. The normalized spacial score (nSPS) is 9.67. The van der Waals surface area contributed by atoms with Gasteiger partial charge in [-0.3, -0.25) is 16.8 Å². The molecule has 0 N–H and O–H groups in total. The van der Waals surface area contributed by atoms with E-state index in [0.717, 1.165) is 0 Å². The van der Waals surface area contributed by atoms with E-state index < -0.39 is 20.8 Å². The van der Waals surface area contributed by atoms with Crippen LogP contribution in [0.3, 0.4) is 0 Å². The van der Waals surface area contributed by atoms with Crippen LogP contribution in [0.4, 0.5) is 0 Å². The summed E-state index contributed by atoms with van der Waals surface area (Å²) in [5, 5.41) is 0. The molecule has 0 heterocycles. The maximum atomic E-state index is 8.52. The first-order valence-corrected chi connectivity index (χ1v) is 4.00. The first-order valence-electron chi connectivity index (χ1n) is 1.33. The molecule has 0 amide bonds. The third kappa shape index (κ3) is 393. The van der Waals surface area contributed by atoms with E-state index in [1.165, 1.54) is 0 Å². The van der Waals surface area contributed by atoms with Crippen molar-refractivity contribution in [2.75, 3.05) is 0 Å². The van der Waals surface area contributed by atoms with E-state index >= 15 is 0 Å². The SMILES string of the molecule is O=S(=O)([O-])[O-].O=S(=O)([O-])[O-].[Fe+3].[K+]. The Bertz CT molecular complexity index is 213. The molecule has 0 aromatic heterocycles. The van der Waals surface area contributed by atoms with Crippen molar-refractivity contribution in [1.29, 1.82) is 0 Å². The Kier molecular flexibility index (Phi) is 18.6. The number of hydrogen-bond donors (Lipinski definition) is 0. The molecule has 0 aliphatic heterocycles. The van der Waals surface area contributed by atoms with Crippen LogP contribution in [-0.2, 0) is 37.9 Å². The van der Waals surface area contributed by atoms with E-state index in [4.69, 9.17) is 35.0 Å². The molecule has 0 rings (SSSR count). The van der Waals surface area contributed by atoms with Gasteiger partial charge >= 0.3 is 68.5 Å². The van der Waals surface area contributed by atoms with Gasteiger partial charge < -0.3 is 18.2 Å². The standard InChI is InChI=1S/Fe.K.2H2O4S/c;;2*1-5(2,3)4/h;;2*(H2,1,2,3,4)/q+3;+1;;/p-4. The Morgan fingerprint density at radius 2 is 0.667 bits per heavy atom. The fraction of sp³-hybridized carbons (Fsp3) is 0. The van der Waals surface area contributed by atoms with Gasteiger partial charge in [0, 0.05) is 20.8 Å². The summed E-state index contributed by atoms with van der Waals surface area (Å²) in [6.07, 6.45) is 0.